The van der Waals surface area contributed by atoms with Crippen LogP contribution in [-0.4, -0.2) is 40.7 Å². The van der Waals surface area contributed by atoms with E-state index in [0.29, 0.717) is 38.4 Å². The van der Waals surface area contributed by atoms with Gasteiger partial charge in [0.1, 0.15) is 0 Å². The summed E-state index contributed by atoms with van der Waals surface area (Å²) in [5, 5.41) is 0. The van der Waals surface area contributed by atoms with Crippen LogP contribution in [0.1, 0.15) is 18.4 Å². The summed E-state index contributed by atoms with van der Waals surface area (Å²) in [6.45, 7) is 1.45. The molecule has 0 bridgehead atoms. The molecule has 1 saturated heterocycles. The van der Waals surface area contributed by atoms with Crippen molar-refractivity contribution in [2.45, 2.75) is 19.4 Å². The summed E-state index contributed by atoms with van der Waals surface area (Å²) < 4.78 is 0. The molecule has 102 valence electrons. The third kappa shape index (κ3) is 3.47. The zero-order valence-corrected chi connectivity index (χ0v) is 11.5. The fourth-order valence-corrected chi connectivity index (χ4v) is 2.25. The molecule has 0 N–H and O–H groups in total. The van der Waals surface area contributed by atoms with Gasteiger partial charge in [-0.2, -0.15) is 0 Å². The van der Waals surface area contributed by atoms with Crippen LogP contribution in [0, 0.1) is 0 Å². The third-order valence-corrected chi connectivity index (χ3v) is 3.40. The topological polar surface area (TPSA) is 40.6 Å². The molecule has 1 aliphatic heterocycles. The van der Waals surface area contributed by atoms with Crippen molar-refractivity contribution in [2.24, 2.45) is 0 Å². The zero-order valence-electron chi connectivity index (χ0n) is 10.7. The highest BCUT2D eigenvalue weighted by Gasteiger charge is 2.31. The molecule has 0 aromatic heterocycles. The molecule has 1 fully saturated rings. The Morgan fingerprint density at radius 3 is 2.58 bits per heavy atom. The van der Waals surface area contributed by atoms with Gasteiger partial charge in [0.25, 0.3) is 0 Å². The van der Waals surface area contributed by atoms with Gasteiger partial charge in [-0.1, -0.05) is 30.3 Å². The predicted octanol–water partition coefficient (Wildman–Crippen LogP) is 2.47. The maximum Gasteiger partial charge on any atom is 0.327 e. The number of hydrogen-bond acceptors (Lipinski definition) is 2. The third-order valence-electron chi connectivity index (χ3n) is 3.13. The summed E-state index contributed by atoms with van der Waals surface area (Å²) in [4.78, 5) is 27.0. The number of carbonyl (C=O) groups excluding carboxylic acids is 2. The lowest BCUT2D eigenvalue weighted by atomic mass is 10.2. The highest BCUT2D eigenvalue weighted by molar-refractivity contribution is 6.17. The molecule has 19 heavy (non-hydrogen) atoms. The SMILES string of the molecule is O=C1CCN(Cc2ccccc2)C(=O)N1CCCCl. The molecule has 3 amide bonds. The van der Waals surface area contributed by atoms with E-state index in [1.807, 2.05) is 30.3 Å². The monoisotopic (exact) mass is 280 g/mol. The first kappa shape index (κ1) is 13.9. The molecular formula is C14H17ClN2O2. The summed E-state index contributed by atoms with van der Waals surface area (Å²) in [5.74, 6) is 0.356. The van der Waals surface area contributed by atoms with E-state index >= 15 is 0 Å². The average molecular weight is 281 g/mol. The normalized spacial score (nSPS) is 16.1. The standard InChI is InChI=1S/C14H17ClN2O2/c15-8-4-9-17-13(18)7-10-16(14(17)19)11-12-5-2-1-3-6-12/h1-3,5-6H,4,7-11H2. The van der Waals surface area contributed by atoms with Crippen LogP contribution in [0.4, 0.5) is 4.79 Å². The second-order valence-corrected chi connectivity index (χ2v) is 4.91. The van der Waals surface area contributed by atoms with Crippen molar-refractivity contribution < 1.29 is 9.59 Å². The van der Waals surface area contributed by atoms with Gasteiger partial charge in [-0.05, 0) is 12.0 Å². The van der Waals surface area contributed by atoms with Gasteiger partial charge in [-0.25, -0.2) is 4.79 Å². The summed E-state index contributed by atoms with van der Waals surface area (Å²) in [6.07, 6.45) is 1.03. The number of rotatable bonds is 5. The molecule has 0 radical (unpaired) electrons. The summed E-state index contributed by atoms with van der Waals surface area (Å²) >= 11 is 5.62. The van der Waals surface area contributed by atoms with Crippen LogP contribution in [0.15, 0.2) is 30.3 Å². The van der Waals surface area contributed by atoms with Crippen LogP contribution in [0.2, 0.25) is 0 Å². The molecule has 1 aliphatic rings. The quantitative estimate of drug-likeness (QED) is 0.778. The van der Waals surface area contributed by atoms with E-state index < -0.39 is 0 Å². The Morgan fingerprint density at radius 2 is 1.89 bits per heavy atom. The van der Waals surface area contributed by atoms with E-state index in [4.69, 9.17) is 11.6 Å². The minimum absolute atomic E-state index is 0.0978. The zero-order chi connectivity index (χ0) is 13.7. The lowest BCUT2D eigenvalue weighted by molar-refractivity contribution is -0.131. The molecule has 1 aromatic rings. The van der Waals surface area contributed by atoms with Gasteiger partial charge >= 0.3 is 6.03 Å². The molecule has 0 spiro atoms. The van der Waals surface area contributed by atoms with E-state index in [1.54, 1.807) is 4.90 Å². The highest BCUT2D eigenvalue weighted by atomic mass is 35.5. The Balaban J connectivity index is 2.02. The molecule has 1 heterocycles. The van der Waals surface area contributed by atoms with E-state index in [9.17, 15) is 9.59 Å². The Morgan fingerprint density at radius 1 is 1.16 bits per heavy atom. The van der Waals surface area contributed by atoms with Crippen LogP contribution in [0.3, 0.4) is 0 Å². The van der Waals surface area contributed by atoms with Gasteiger partial charge in [0.2, 0.25) is 5.91 Å². The van der Waals surface area contributed by atoms with Crippen molar-refractivity contribution in [2.75, 3.05) is 19.0 Å². The molecule has 0 atom stereocenters. The number of amides is 3. The Labute approximate surface area is 117 Å². The van der Waals surface area contributed by atoms with Crippen molar-refractivity contribution in [3.05, 3.63) is 35.9 Å². The second kappa shape index (κ2) is 6.57. The van der Waals surface area contributed by atoms with Gasteiger partial charge in [-0.3, -0.25) is 9.69 Å². The number of carbonyl (C=O) groups is 2. The number of alkyl halides is 1. The summed E-state index contributed by atoms with van der Waals surface area (Å²) in [6, 6.07) is 9.59. The van der Waals surface area contributed by atoms with Crippen LogP contribution >= 0.6 is 11.6 Å². The van der Waals surface area contributed by atoms with E-state index in [2.05, 4.69) is 0 Å². The van der Waals surface area contributed by atoms with Crippen LogP contribution < -0.4 is 0 Å². The number of imide groups is 1. The molecule has 0 unspecified atom stereocenters. The molecule has 0 saturated carbocycles. The van der Waals surface area contributed by atoms with Crippen LogP contribution in [-0.2, 0) is 11.3 Å². The molecule has 4 nitrogen and oxygen atoms in total. The van der Waals surface area contributed by atoms with E-state index in [1.165, 1.54) is 4.90 Å². The maximum absolute atomic E-state index is 12.2. The fourth-order valence-electron chi connectivity index (χ4n) is 2.13. The van der Waals surface area contributed by atoms with Gasteiger partial charge < -0.3 is 4.90 Å². The van der Waals surface area contributed by atoms with Crippen LogP contribution in [0.5, 0.6) is 0 Å². The number of benzene rings is 1. The molecule has 2 rings (SSSR count). The molecule has 0 aliphatic carbocycles. The van der Waals surface area contributed by atoms with Crippen molar-refractivity contribution in [3.8, 4) is 0 Å². The van der Waals surface area contributed by atoms with Crippen molar-refractivity contribution in [3.63, 3.8) is 0 Å². The minimum Gasteiger partial charge on any atom is -0.319 e. The second-order valence-electron chi connectivity index (χ2n) is 4.53. The predicted molar refractivity (Wildman–Crippen MR) is 73.9 cm³/mol. The van der Waals surface area contributed by atoms with Crippen molar-refractivity contribution in [1.29, 1.82) is 0 Å². The largest absolute Gasteiger partial charge is 0.327 e. The lowest BCUT2D eigenvalue weighted by Gasteiger charge is -2.34. The average Bonchev–Trinajstić information content (AvgIpc) is 2.43. The first-order chi connectivity index (χ1) is 9.22. The molecule has 5 heteroatoms. The smallest absolute Gasteiger partial charge is 0.319 e. The number of nitrogens with zero attached hydrogens (tertiary/aromatic N) is 2. The molecule has 1 aromatic carbocycles. The Bertz CT molecular complexity index is 450. The van der Waals surface area contributed by atoms with Gasteiger partial charge in [0.15, 0.2) is 0 Å². The van der Waals surface area contributed by atoms with Gasteiger partial charge in [0, 0.05) is 31.9 Å². The highest BCUT2D eigenvalue weighted by Crippen LogP contribution is 2.15. The Kier molecular flexibility index (Phi) is 4.80. The molecular weight excluding hydrogens is 264 g/mol. The van der Waals surface area contributed by atoms with E-state index in [-0.39, 0.29) is 11.9 Å². The Hall–Kier alpha value is -1.55. The van der Waals surface area contributed by atoms with Crippen molar-refractivity contribution >= 4 is 23.5 Å². The first-order valence-electron chi connectivity index (χ1n) is 6.41. The number of hydrogen-bond donors (Lipinski definition) is 0. The fraction of sp³-hybridized carbons (Fsp3) is 0.429. The minimum atomic E-state index is -0.204. The number of urea groups is 1. The summed E-state index contributed by atoms with van der Waals surface area (Å²) in [5.41, 5.74) is 1.07. The summed E-state index contributed by atoms with van der Waals surface area (Å²) in [7, 11) is 0. The lowest BCUT2D eigenvalue weighted by Crippen LogP contribution is -2.52. The van der Waals surface area contributed by atoms with Gasteiger partial charge in [0.05, 0.1) is 0 Å². The maximum atomic E-state index is 12.2. The van der Waals surface area contributed by atoms with Crippen molar-refractivity contribution in [1.82, 2.24) is 9.80 Å². The first-order valence-corrected chi connectivity index (χ1v) is 6.95. The number of halogens is 1. The van der Waals surface area contributed by atoms with Crippen LogP contribution in [0.25, 0.3) is 0 Å². The van der Waals surface area contributed by atoms with Gasteiger partial charge in [-0.15, -0.1) is 11.6 Å². The van der Waals surface area contributed by atoms with E-state index in [0.717, 1.165) is 5.56 Å².